The Hall–Kier alpha value is -1.39. The number of likely N-dealkylation sites (tertiary alicyclic amines) is 1. The summed E-state index contributed by atoms with van der Waals surface area (Å²) in [6.07, 6.45) is 1.04. The van der Waals surface area contributed by atoms with Crippen molar-refractivity contribution < 1.29 is 9.53 Å². The van der Waals surface area contributed by atoms with Crippen molar-refractivity contribution in [2.75, 3.05) is 19.7 Å². The molecule has 0 aliphatic carbocycles. The van der Waals surface area contributed by atoms with Crippen molar-refractivity contribution in [3.63, 3.8) is 0 Å². The van der Waals surface area contributed by atoms with Crippen LogP contribution in [0.2, 0.25) is 0 Å². The molecule has 0 spiro atoms. The Morgan fingerprint density at radius 3 is 2.89 bits per heavy atom. The Balaban J connectivity index is 2.19. The largest absolute Gasteiger partial charge is 0.494 e. The highest BCUT2D eigenvalue weighted by Gasteiger charge is 2.20. The van der Waals surface area contributed by atoms with Crippen LogP contribution in [0.4, 0.5) is 0 Å². The minimum absolute atomic E-state index is 0.0856. The molecule has 104 valence electrons. The molecule has 1 aliphatic heterocycles. The van der Waals surface area contributed by atoms with Crippen molar-refractivity contribution in [2.45, 2.75) is 32.9 Å². The number of ketones is 1. The highest BCUT2D eigenvalue weighted by atomic mass is 16.5. The van der Waals surface area contributed by atoms with Gasteiger partial charge in [0.2, 0.25) is 0 Å². The summed E-state index contributed by atoms with van der Waals surface area (Å²) in [6, 6.07) is 5.93. The Bertz CT molecular complexity index is 459. The lowest BCUT2D eigenvalue weighted by atomic mass is 10.1. The lowest BCUT2D eigenvalue weighted by molar-refractivity contribution is 0.101. The highest BCUT2D eigenvalue weighted by molar-refractivity contribution is 5.94. The minimum atomic E-state index is 0.0856. The van der Waals surface area contributed by atoms with Crippen LogP contribution < -0.4 is 10.5 Å². The molecular formula is C15H22N2O2. The fraction of sp³-hybridized carbons (Fsp3) is 0.533. The summed E-state index contributed by atoms with van der Waals surface area (Å²) in [5.74, 6) is 0.954. The number of Topliss-reactive ketones (excluding diaryl/α,β-unsaturated/α-hetero) is 1. The molecule has 2 rings (SSSR count). The molecule has 0 aromatic heterocycles. The number of rotatable bonds is 5. The number of carbonyl (C=O) groups is 1. The molecule has 1 aromatic rings. The third-order valence-electron chi connectivity index (χ3n) is 3.47. The van der Waals surface area contributed by atoms with E-state index in [-0.39, 0.29) is 11.8 Å². The number of nitrogens with zero attached hydrogens (tertiary/aromatic N) is 1. The average molecular weight is 262 g/mol. The van der Waals surface area contributed by atoms with Crippen molar-refractivity contribution in [2.24, 2.45) is 5.73 Å². The Morgan fingerprint density at radius 1 is 1.53 bits per heavy atom. The van der Waals surface area contributed by atoms with E-state index in [9.17, 15) is 4.79 Å². The smallest absolute Gasteiger partial charge is 0.159 e. The molecule has 4 heteroatoms. The van der Waals surface area contributed by atoms with E-state index in [2.05, 4.69) is 4.90 Å². The van der Waals surface area contributed by atoms with E-state index in [1.54, 1.807) is 6.92 Å². The van der Waals surface area contributed by atoms with E-state index in [0.717, 1.165) is 42.9 Å². The van der Waals surface area contributed by atoms with E-state index in [1.807, 2.05) is 25.1 Å². The molecule has 1 fully saturated rings. The number of carbonyl (C=O) groups excluding carboxylic acids is 1. The molecule has 1 atom stereocenters. The van der Waals surface area contributed by atoms with Gasteiger partial charge in [-0.3, -0.25) is 9.69 Å². The van der Waals surface area contributed by atoms with Crippen LogP contribution in [0.15, 0.2) is 18.2 Å². The molecule has 1 aliphatic rings. The van der Waals surface area contributed by atoms with Crippen molar-refractivity contribution in [1.82, 2.24) is 4.90 Å². The zero-order valence-electron chi connectivity index (χ0n) is 11.7. The standard InChI is InChI=1S/C15H22N2O2/c1-3-19-15-5-4-12(11(2)18)8-13(15)9-17-7-6-14(16)10-17/h4-5,8,14H,3,6-7,9-10,16H2,1-2H3. The van der Waals surface area contributed by atoms with Crippen LogP contribution >= 0.6 is 0 Å². The summed E-state index contributed by atoms with van der Waals surface area (Å²) >= 11 is 0. The van der Waals surface area contributed by atoms with Gasteiger partial charge in [-0.05, 0) is 38.5 Å². The van der Waals surface area contributed by atoms with E-state index < -0.39 is 0 Å². The van der Waals surface area contributed by atoms with E-state index in [4.69, 9.17) is 10.5 Å². The number of hydrogen-bond donors (Lipinski definition) is 1. The van der Waals surface area contributed by atoms with Gasteiger partial charge in [-0.2, -0.15) is 0 Å². The third-order valence-corrected chi connectivity index (χ3v) is 3.47. The summed E-state index contributed by atoms with van der Waals surface area (Å²) in [4.78, 5) is 13.8. The second-order valence-electron chi connectivity index (χ2n) is 5.10. The Morgan fingerprint density at radius 2 is 2.32 bits per heavy atom. The lowest BCUT2D eigenvalue weighted by Gasteiger charge is -2.18. The molecule has 2 N–H and O–H groups in total. The van der Waals surface area contributed by atoms with Crippen LogP contribution in [0.3, 0.4) is 0 Å². The van der Waals surface area contributed by atoms with Gasteiger partial charge < -0.3 is 10.5 Å². The number of benzene rings is 1. The van der Waals surface area contributed by atoms with Crippen LogP contribution in [0.5, 0.6) is 5.75 Å². The summed E-state index contributed by atoms with van der Waals surface area (Å²) in [5.41, 5.74) is 7.74. The van der Waals surface area contributed by atoms with E-state index >= 15 is 0 Å². The number of hydrogen-bond acceptors (Lipinski definition) is 4. The van der Waals surface area contributed by atoms with E-state index in [0.29, 0.717) is 6.61 Å². The molecule has 0 bridgehead atoms. The van der Waals surface area contributed by atoms with Crippen molar-refractivity contribution in [3.05, 3.63) is 29.3 Å². The quantitative estimate of drug-likeness (QED) is 0.822. The maximum atomic E-state index is 11.5. The van der Waals surface area contributed by atoms with Gasteiger partial charge in [0, 0.05) is 36.8 Å². The van der Waals surface area contributed by atoms with Crippen LogP contribution in [0, 0.1) is 0 Å². The van der Waals surface area contributed by atoms with Crippen molar-refractivity contribution >= 4 is 5.78 Å². The van der Waals surface area contributed by atoms with Crippen LogP contribution in [0.1, 0.15) is 36.2 Å². The maximum absolute atomic E-state index is 11.5. The lowest BCUT2D eigenvalue weighted by Crippen LogP contribution is -2.26. The van der Waals surface area contributed by atoms with Gasteiger partial charge in [-0.25, -0.2) is 0 Å². The molecule has 0 saturated carbocycles. The number of ether oxygens (including phenoxy) is 1. The van der Waals surface area contributed by atoms with Gasteiger partial charge in [0.15, 0.2) is 5.78 Å². The summed E-state index contributed by atoms with van der Waals surface area (Å²) in [7, 11) is 0. The van der Waals surface area contributed by atoms with Crippen molar-refractivity contribution in [1.29, 1.82) is 0 Å². The molecule has 0 radical (unpaired) electrons. The second-order valence-corrected chi connectivity index (χ2v) is 5.10. The molecule has 1 saturated heterocycles. The van der Waals surface area contributed by atoms with Gasteiger partial charge in [0.25, 0.3) is 0 Å². The Kier molecular flexibility index (Phi) is 4.56. The number of nitrogens with two attached hydrogens (primary N) is 1. The highest BCUT2D eigenvalue weighted by Crippen LogP contribution is 2.24. The molecular weight excluding hydrogens is 240 g/mol. The third kappa shape index (κ3) is 3.55. The zero-order valence-corrected chi connectivity index (χ0v) is 11.7. The predicted molar refractivity (Wildman–Crippen MR) is 75.5 cm³/mol. The monoisotopic (exact) mass is 262 g/mol. The molecule has 1 unspecified atom stereocenters. The topological polar surface area (TPSA) is 55.6 Å². The van der Waals surface area contributed by atoms with Gasteiger partial charge in [-0.1, -0.05) is 0 Å². The normalized spacial score (nSPS) is 19.6. The summed E-state index contributed by atoms with van der Waals surface area (Å²) < 4.78 is 5.64. The molecule has 19 heavy (non-hydrogen) atoms. The van der Waals surface area contributed by atoms with Gasteiger partial charge in [0.1, 0.15) is 5.75 Å². The molecule has 1 heterocycles. The maximum Gasteiger partial charge on any atom is 0.159 e. The first-order valence-electron chi connectivity index (χ1n) is 6.84. The zero-order chi connectivity index (χ0) is 13.8. The predicted octanol–water partition coefficient (Wildman–Crippen LogP) is 1.82. The molecule has 4 nitrogen and oxygen atoms in total. The second kappa shape index (κ2) is 6.17. The minimum Gasteiger partial charge on any atom is -0.494 e. The summed E-state index contributed by atoms with van der Waals surface area (Å²) in [6.45, 7) is 6.91. The van der Waals surface area contributed by atoms with Gasteiger partial charge >= 0.3 is 0 Å². The SMILES string of the molecule is CCOc1ccc(C(C)=O)cc1CN1CCC(N)C1. The fourth-order valence-electron chi connectivity index (χ4n) is 2.47. The first kappa shape index (κ1) is 14.0. The Labute approximate surface area is 114 Å². The molecule has 1 aromatic carbocycles. The van der Waals surface area contributed by atoms with Crippen LogP contribution in [-0.2, 0) is 6.54 Å². The average Bonchev–Trinajstić information content (AvgIpc) is 2.77. The van der Waals surface area contributed by atoms with Gasteiger partial charge in [-0.15, -0.1) is 0 Å². The van der Waals surface area contributed by atoms with Crippen LogP contribution in [-0.4, -0.2) is 36.4 Å². The first-order valence-corrected chi connectivity index (χ1v) is 6.84. The summed E-state index contributed by atoms with van der Waals surface area (Å²) in [5, 5.41) is 0. The molecule has 0 amide bonds. The first-order chi connectivity index (χ1) is 9.10. The van der Waals surface area contributed by atoms with E-state index in [1.165, 1.54) is 0 Å². The van der Waals surface area contributed by atoms with Crippen molar-refractivity contribution in [3.8, 4) is 5.75 Å². The van der Waals surface area contributed by atoms with Gasteiger partial charge in [0.05, 0.1) is 6.61 Å². The van der Waals surface area contributed by atoms with Crippen LogP contribution in [0.25, 0.3) is 0 Å². The fourth-order valence-corrected chi connectivity index (χ4v) is 2.47.